The number of ether oxygens (including phenoxy) is 3. The minimum atomic E-state index is 0.0922. The summed E-state index contributed by atoms with van der Waals surface area (Å²) in [5.41, 5.74) is 0. The molecule has 0 aliphatic carbocycles. The van der Waals surface area contributed by atoms with E-state index < -0.39 is 0 Å². The van der Waals surface area contributed by atoms with Gasteiger partial charge in [0.25, 0.3) is 0 Å². The van der Waals surface area contributed by atoms with Crippen LogP contribution in [0.4, 0.5) is 0 Å². The van der Waals surface area contributed by atoms with Gasteiger partial charge in [-0.15, -0.1) is 0 Å². The fourth-order valence-corrected chi connectivity index (χ4v) is 1.75. The Morgan fingerprint density at radius 1 is 0.708 bits per heavy atom. The highest BCUT2D eigenvalue weighted by Crippen LogP contribution is 2.19. The molecule has 24 heavy (non-hydrogen) atoms. The van der Waals surface area contributed by atoms with Gasteiger partial charge in [0.05, 0.1) is 26.4 Å². The summed E-state index contributed by atoms with van der Waals surface area (Å²) in [7, 11) is 0. The molecule has 0 amide bonds. The fourth-order valence-electron chi connectivity index (χ4n) is 1.75. The number of unbranched alkanes of at least 4 members (excludes halogenated alkanes) is 1. The maximum absolute atomic E-state index is 8.34. The second kappa shape index (κ2) is 14.7. The Morgan fingerprint density at radius 3 is 1.67 bits per heavy atom. The Hall–Kier alpha value is -1.88. The van der Waals surface area contributed by atoms with E-state index in [2.05, 4.69) is 6.92 Å². The maximum atomic E-state index is 8.34. The summed E-state index contributed by atoms with van der Waals surface area (Å²) >= 11 is 0. The number of benzene rings is 2. The van der Waals surface area contributed by atoms with Crippen LogP contribution >= 0.6 is 0 Å². The van der Waals surface area contributed by atoms with E-state index in [1.807, 2.05) is 60.7 Å². The zero-order valence-corrected chi connectivity index (χ0v) is 14.4. The Bertz CT molecular complexity index is 442. The van der Waals surface area contributed by atoms with Crippen LogP contribution in [0.25, 0.3) is 0 Å². The van der Waals surface area contributed by atoms with E-state index in [0.29, 0.717) is 19.8 Å². The number of para-hydroxylation sites is 2. The summed E-state index contributed by atoms with van der Waals surface area (Å²) < 4.78 is 15.8. The lowest BCUT2D eigenvalue weighted by atomic mass is 10.3. The molecule has 0 fully saturated rings. The van der Waals surface area contributed by atoms with Crippen molar-refractivity contribution in [2.75, 3.05) is 33.0 Å². The highest BCUT2D eigenvalue weighted by Gasteiger charge is 1.92. The molecule has 0 radical (unpaired) electrons. The summed E-state index contributed by atoms with van der Waals surface area (Å²) in [6.07, 6.45) is 2.28. The predicted octanol–water partition coefficient (Wildman–Crippen LogP) is 4.29. The molecule has 0 atom stereocenters. The molecule has 4 nitrogen and oxygen atoms in total. The highest BCUT2D eigenvalue weighted by molar-refractivity contribution is 5.30. The molecule has 0 unspecified atom stereocenters. The minimum Gasteiger partial charge on any atom is -0.457 e. The van der Waals surface area contributed by atoms with Crippen LogP contribution in [0.5, 0.6) is 11.5 Å². The third-order valence-corrected chi connectivity index (χ3v) is 2.97. The van der Waals surface area contributed by atoms with E-state index in [-0.39, 0.29) is 6.61 Å². The van der Waals surface area contributed by atoms with Gasteiger partial charge in [-0.25, -0.2) is 0 Å². The fraction of sp³-hybridized carbons (Fsp3) is 0.400. The maximum Gasteiger partial charge on any atom is 0.127 e. The van der Waals surface area contributed by atoms with E-state index in [9.17, 15) is 0 Å². The quantitative estimate of drug-likeness (QED) is 0.659. The van der Waals surface area contributed by atoms with E-state index in [0.717, 1.165) is 30.9 Å². The monoisotopic (exact) mass is 332 g/mol. The third kappa shape index (κ3) is 10.8. The lowest BCUT2D eigenvalue weighted by Crippen LogP contribution is -2.07. The van der Waals surface area contributed by atoms with Crippen molar-refractivity contribution in [1.29, 1.82) is 0 Å². The zero-order chi connectivity index (χ0) is 17.3. The van der Waals surface area contributed by atoms with Crippen molar-refractivity contribution in [2.45, 2.75) is 19.8 Å². The van der Waals surface area contributed by atoms with Crippen LogP contribution in [0.3, 0.4) is 0 Å². The molecule has 0 aliphatic rings. The van der Waals surface area contributed by atoms with Crippen molar-refractivity contribution in [1.82, 2.24) is 0 Å². The Labute approximate surface area is 145 Å². The summed E-state index contributed by atoms with van der Waals surface area (Å²) in [5, 5.41) is 8.34. The summed E-state index contributed by atoms with van der Waals surface area (Å²) in [6.45, 7) is 4.68. The zero-order valence-electron chi connectivity index (χ0n) is 14.4. The number of hydrogen-bond acceptors (Lipinski definition) is 4. The molecule has 0 heterocycles. The van der Waals surface area contributed by atoms with Crippen LogP contribution in [0.2, 0.25) is 0 Å². The molecule has 1 N–H and O–H groups in total. The molecule has 2 rings (SSSR count). The number of aliphatic hydroxyl groups excluding tert-OH is 1. The first-order valence-corrected chi connectivity index (χ1v) is 8.41. The average Bonchev–Trinajstić information content (AvgIpc) is 2.63. The van der Waals surface area contributed by atoms with Crippen LogP contribution in [0.15, 0.2) is 60.7 Å². The van der Waals surface area contributed by atoms with Gasteiger partial charge in [0.1, 0.15) is 11.5 Å². The third-order valence-electron chi connectivity index (χ3n) is 2.97. The van der Waals surface area contributed by atoms with E-state index >= 15 is 0 Å². The molecule has 4 heteroatoms. The first kappa shape index (κ1) is 20.2. The van der Waals surface area contributed by atoms with E-state index in [1.165, 1.54) is 0 Å². The predicted molar refractivity (Wildman–Crippen MR) is 96.6 cm³/mol. The lowest BCUT2D eigenvalue weighted by molar-refractivity contribution is 0.0324. The Balaban J connectivity index is 0.000000245. The topological polar surface area (TPSA) is 47.9 Å². The van der Waals surface area contributed by atoms with Gasteiger partial charge >= 0.3 is 0 Å². The summed E-state index contributed by atoms with van der Waals surface area (Å²) in [4.78, 5) is 0. The molecule has 0 aliphatic heterocycles. The lowest BCUT2D eigenvalue weighted by Gasteiger charge is -2.03. The van der Waals surface area contributed by atoms with Gasteiger partial charge in [-0.1, -0.05) is 49.7 Å². The molecular formula is C20H28O4. The molecule has 2 aromatic carbocycles. The molecule has 132 valence electrons. The standard InChI is InChI=1S/C12H10O.C8H18O3/c1-3-7-11(8-4-1)13-12-9-5-2-6-10-12;1-2-3-5-10-7-8-11-6-4-9/h1-10H;9H,2-8H2,1H3. The molecule has 0 saturated heterocycles. The van der Waals surface area contributed by atoms with Crippen LogP contribution in [-0.2, 0) is 9.47 Å². The number of rotatable bonds is 10. The summed E-state index contributed by atoms with van der Waals surface area (Å²) in [6, 6.07) is 19.5. The molecule has 0 aromatic heterocycles. The first-order valence-electron chi connectivity index (χ1n) is 8.41. The van der Waals surface area contributed by atoms with Crippen molar-refractivity contribution in [2.24, 2.45) is 0 Å². The van der Waals surface area contributed by atoms with Crippen LogP contribution in [0.1, 0.15) is 19.8 Å². The Kier molecular flexibility index (Phi) is 12.3. The molecule has 0 bridgehead atoms. The minimum absolute atomic E-state index is 0.0922. The number of aliphatic hydroxyl groups is 1. The van der Waals surface area contributed by atoms with Crippen molar-refractivity contribution < 1.29 is 19.3 Å². The van der Waals surface area contributed by atoms with Gasteiger partial charge in [0.15, 0.2) is 0 Å². The molecular weight excluding hydrogens is 304 g/mol. The van der Waals surface area contributed by atoms with Crippen molar-refractivity contribution >= 4 is 0 Å². The average molecular weight is 332 g/mol. The van der Waals surface area contributed by atoms with Crippen molar-refractivity contribution in [3.8, 4) is 11.5 Å². The van der Waals surface area contributed by atoms with Crippen LogP contribution in [0, 0.1) is 0 Å². The van der Waals surface area contributed by atoms with Crippen molar-refractivity contribution in [3.63, 3.8) is 0 Å². The molecule has 0 saturated carbocycles. The first-order chi connectivity index (χ1) is 11.9. The normalized spacial score (nSPS) is 9.92. The molecule has 0 spiro atoms. The van der Waals surface area contributed by atoms with E-state index in [1.54, 1.807) is 0 Å². The van der Waals surface area contributed by atoms with Gasteiger partial charge in [0, 0.05) is 6.61 Å². The van der Waals surface area contributed by atoms with Gasteiger partial charge < -0.3 is 19.3 Å². The highest BCUT2D eigenvalue weighted by atomic mass is 16.5. The van der Waals surface area contributed by atoms with E-state index in [4.69, 9.17) is 19.3 Å². The summed E-state index contributed by atoms with van der Waals surface area (Å²) in [5.74, 6) is 1.74. The van der Waals surface area contributed by atoms with Gasteiger partial charge in [0.2, 0.25) is 0 Å². The second-order valence-corrected chi connectivity index (χ2v) is 5.03. The van der Waals surface area contributed by atoms with Crippen LogP contribution < -0.4 is 4.74 Å². The van der Waals surface area contributed by atoms with Crippen LogP contribution in [-0.4, -0.2) is 38.1 Å². The van der Waals surface area contributed by atoms with Gasteiger partial charge in [-0.05, 0) is 30.7 Å². The largest absolute Gasteiger partial charge is 0.457 e. The smallest absolute Gasteiger partial charge is 0.127 e. The number of hydrogen-bond donors (Lipinski definition) is 1. The molecule has 2 aromatic rings. The van der Waals surface area contributed by atoms with Gasteiger partial charge in [-0.2, -0.15) is 0 Å². The van der Waals surface area contributed by atoms with Gasteiger partial charge in [-0.3, -0.25) is 0 Å². The Morgan fingerprint density at radius 2 is 1.21 bits per heavy atom. The SMILES string of the molecule is CCCCOCCOCCO.c1ccc(Oc2ccccc2)cc1. The second-order valence-electron chi connectivity index (χ2n) is 5.03. The van der Waals surface area contributed by atoms with Crippen molar-refractivity contribution in [3.05, 3.63) is 60.7 Å².